The van der Waals surface area contributed by atoms with Gasteiger partial charge in [-0.1, -0.05) is 27.9 Å². The maximum absolute atomic E-state index is 13.6. The van der Waals surface area contributed by atoms with Crippen molar-refractivity contribution in [1.29, 1.82) is 0 Å². The molecule has 0 bridgehead atoms. The van der Waals surface area contributed by atoms with Crippen molar-refractivity contribution in [3.05, 3.63) is 34.6 Å². The van der Waals surface area contributed by atoms with Gasteiger partial charge < -0.3 is 9.83 Å². The van der Waals surface area contributed by atoms with Crippen LogP contribution >= 0.6 is 21.8 Å². The Balaban J connectivity index is 2.11. The van der Waals surface area contributed by atoms with Crippen molar-refractivity contribution in [2.24, 2.45) is 0 Å². The predicted molar refractivity (Wildman–Crippen MR) is 77.8 cm³/mol. The minimum Gasteiger partial charge on any atom is -0.473 e. The van der Waals surface area contributed by atoms with Gasteiger partial charge in [0.2, 0.25) is 5.91 Å². The van der Waals surface area contributed by atoms with Crippen LogP contribution in [0.15, 0.2) is 18.2 Å². The zero-order valence-corrected chi connectivity index (χ0v) is 12.3. The minimum atomic E-state index is -2.17. The SMILES string of the molecule is O=C(Cc1c(F)cccc1Cl)NS1(C(=O)O)CCCC1. The molecule has 110 valence electrons. The quantitative estimate of drug-likeness (QED) is 0.878. The number of benzene rings is 1. The summed E-state index contributed by atoms with van der Waals surface area (Å²) in [6.07, 6.45) is 1.35. The number of hydrogen-bond donors (Lipinski definition) is 2. The van der Waals surface area contributed by atoms with Gasteiger partial charge in [-0.3, -0.25) is 4.79 Å². The highest BCUT2D eigenvalue weighted by molar-refractivity contribution is 8.43. The average Bonchev–Trinajstić information content (AvgIpc) is 2.84. The molecule has 1 aromatic rings. The lowest BCUT2D eigenvalue weighted by molar-refractivity contribution is -0.118. The maximum atomic E-state index is 13.6. The van der Waals surface area contributed by atoms with Crippen molar-refractivity contribution in [1.82, 2.24) is 4.72 Å². The van der Waals surface area contributed by atoms with Gasteiger partial charge in [0.1, 0.15) is 5.82 Å². The van der Waals surface area contributed by atoms with E-state index in [1.165, 1.54) is 18.2 Å². The number of nitrogens with one attached hydrogen (secondary N) is 1. The third kappa shape index (κ3) is 3.07. The molecule has 1 aromatic carbocycles. The lowest BCUT2D eigenvalue weighted by Crippen LogP contribution is -2.34. The Morgan fingerprint density at radius 2 is 2.00 bits per heavy atom. The summed E-state index contributed by atoms with van der Waals surface area (Å²) < 4.78 is 16.2. The molecule has 1 heterocycles. The molecule has 0 spiro atoms. The Morgan fingerprint density at radius 3 is 2.55 bits per heavy atom. The van der Waals surface area contributed by atoms with E-state index in [-0.39, 0.29) is 17.0 Å². The number of carbonyl (C=O) groups is 2. The van der Waals surface area contributed by atoms with Crippen molar-refractivity contribution in [3.63, 3.8) is 0 Å². The summed E-state index contributed by atoms with van der Waals surface area (Å²) in [5, 5.41) is 8.53. The van der Waals surface area contributed by atoms with Gasteiger partial charge >= 0.3 is 5.30 Å². The number of amides is 1. The summed E-state index contributed by atoms with van der Waals surface area (Å²) in [5.41, 5.74) is 0.101. The molecule has 0 aromatic heterocycles. The van der Waals surface area contributed by atoms with Crippen LogP contribution in [-0.4, -0.2) is 27.8 Å². The first-order valence-corrected chi connectivity index (χ1v) is 8.55. The highest BCUT2D eigenvalue weighted by atomic mass is 35.5. The van der Waals surface area contributed by atoms with Gasteiger partial charge in [0, 0.05) is 22.1 Å². The van der Waals surface area contributed by atoms with Crippen molar-refractivity contribution in [2.75, 3.05) is 11.5 Å². The Labute approximate surface area is 122 Å². The van der Waals surface area contributed by atoms with Crippen LogP contribution in [0.3, 0.4) is 0 Å². The molecule has 2 N–H and O–H groups in total. The van der Waals surface area contributed by atoms with Crippen LogP contribution in [-0.2, 0) is 11.2 Å². The molecular weight excluding hydrogens is 305 g/mol. The van der Waals surface area contributed by atoms with Crippen molar-refractivity contribution in [3.8, 4) is 0 Å². The second-order valence-electron chi connectivity index (χ2n) is 4.67. The Kier molecular flexibility index (Phi) is 4.55. The first kappa shape index (κ1) is 15.1. The monoisotopic (exact) mass is 319 g/mol. The number of carbonyl (C=O) groups excluding carboxylic acids is 1. The third-order valence-corrected chi connectivity index (χ3v) is 6.89. The van der Waals surface area contributed by atoms with Crippen LogP contribution in [0.2, 0.25) is 5.02 Å². The zero-order valence-electron chi connectivity index (χ0n) is 10.7. The molecule has 1 amide bonds. The molecule has 0 radical (unpaired) electrons. The van der Waals surface area contributed by atoms with E-state index in [1.807, 2.05) is 0 Å². The van der Waals surface area contributed by atoms with Crippen LogP contribution in [0, 0.1) is 5.82 Å². The largest absolute Gasteiger partial charge is 0.473 e. The van der Waals surface area contributed by atoms with E-state index in [0.29, 0.717) is 11.5 Å². The summed E-state index contributed by atoms with van der Waals surface area (Å²) in [7, 11) is -2.17. The van der Waals surface area contributed by atoms with E-state index >= 15 is 0 Å². The second-order valence-corrected chi connectivity index (χ2v) is 8.21. The molecular formula is C13H15ClFNO3S. The molecule has 20 heavy (non-hydrogen) atoms. The van der Waals surface area contributed by atoms with E-state index in [9.17, 15) is 19.1 Å². The van der Waals surface area contributed by atoms with Gasteiger partial charge in [-0.25, -0.2) is 9.18 Å². The fraction of sp³-hybridized carbons (Fsp3) is 0.385. The van der Waals surface area contributed by atoms with Crippen LogP contribution < -0.4 is 4.72 Å². The van der Waals surface area contributed by atoms with E-state index in [2.05, 4.69) is 4.72 Å². The summed E-state index contributed by atoms with van der Waals surface area (Å²) in [5.74, 6) is -0.0761. The number of hydrogen-bond acceptors (Lipinski definition) is 2. The van der Waals surface area contributed by atoms with Gasteiger partial charge in [0.05, 0.1) is 6.42 Å². The minimum absolute atomic E-state index is 0.101. The topological polar surface area (TPSA) is 66.4 Å². The van der Waals surface area contributed by atoms with E-state index in [0.717, 1.165) is 12.8 Å². The normalized spacial score (nSPS) is 18.5. The second kappa shape index (κ2) is 6.01. The molecule has 0 saturated carbocycles. The molecule has 7 heteroatoms. The van der Waals surface area contributed by atoms with Gasteiger partial charge in [-0.05, 0) is 25.0 Å². The highest BCUT2D eigenvalue weighted by Gasteiger charge is 2.37. The molecule has 4 nitrogen and oxygen atoms in total. The lowest BCUT2D eigenvalue weighted by atomic mass is 10.1. The molecule has 0 atom stereocenters. The van der Waals surface area contributed by atoms with E-state index in [4.69, 9.17) is 11.6 Å². The number of rotatable bonds is 2. The Hall–Kier alpha value is -1.27. The Morgan fingerprint density at radius 1 is 1.35 bits per heavy atom. The summed E-state index contributed by atoms with van der Waals surface area (Å²) in [4.78, 5) is 23.4. The lowest BCUT2D eigenvalue weighted by Gasteiger charge is -2.31. The van der Waals surface area contributed by atoms with Gasteiger partial charge in [0.25, 0.3) is 0 Å². The highest BCUT2D eigenvalue weighted by Crippen LogP contribution is 2.50. The van der Waals surface area contributed by atoms with Crippen LogP contribution in [0.25, 0.3) is 0 Å². The first-order chi connectivity index (χ1) is 9.44. The van der Waals surface area contributed by atoms with Crippen LogP contribution in [0.1, 0.15) is 18.4 Å². The fourth-order valence-electron chi connectivity index (χ4n) is 2.24. The van der Waals surface area contributed by atoms with Crippen LogP contribution in [0.4, 0.5) is 9.18 Å². The molecule has 2 rings (SSSR count). The third-order valence-electron chi connectivity index (χ3n) is 3.28. The standard InChI is InChI=1S/C13H15ClFNO3S/c14-10-4-3-5-11(15)9(10)8-12(17)16-20(13(18)19)6-1-2-7-20/h3-5H,1-2,6-8H2,(H,16,17)(H,18,19). The van der Waals surface area contributed by atoms with Gasteiger partial charge in [-0.2, -0.15) is 0 Å². The van der Waals surface area contributed by atoms with E-state index < -0.39 is 27.2 Å². The molecule has 1 saturated heterocycles. The van der Waals surface area contributed by atoms with Crippen molar-refractivity contribution >= 4 is 33.0 Å². The van der Waals surface area contributed by atoms with E-state index in [1.54, 1.807) is 0 Å². The molecule has 1 fully saturated rings. The first-order valence-electron chi connectivity index (χ1n) is 6.20. The van der Waals surface area contributed by atoms with Gasteiger partial charge in [0.15, 0.2) is 0 Å². The Bertz CT molecular complexity index is 526. The maximum Gasteiger partial charge on any atom is 0.364 e. The van der Waals surface area contributed by atoms with Crippen molar-refractivity contribution < 1.29 is 19.1 Å². The zero-order chi connectivity index (χ0) is 14.8. The summed E-state index contributed by atoms with van der Waals surface area (Å²) >= 11 is 5.86. The van der Waals surface area contributed by atoms with Crippen molar-refractivity contribution in [2.45, 2.75) is 19.3 Å². The summed E-state index contributed by atoms with van der Waals surface area (Å²) in [6, 6.07) is 4.19. The molecule has 0 unspecified atom stereocenters. The molecule has 1 aliphatic rings. The number of halogens is 2. The smallest absolute Gasteiger partial charge is 0.364 e. The predicted octanol–water partition coefficient (Wildman–Crippen LogP) is 3.33. The number of carboxylic acid groups (broad SMARTS) is 1. The summed E-state index contributed by atoms with van der Waals surface area (Å²) in [6.45, 7) is 0. The van der Waals surface area contributed by atoms with Crippen LogP contribution in [0.5, 0.6) is 0 Å². The van der Waals surface area contributed by atoms with Gasteiger partial charge in [-0.15, -0.1) is 0 Å². The molecule has 0 aliphatic carbocycles. The molecule has 1 aliphatic heterocycles. The average molecular weight is 320 g/mol. The fourth-order valence-corrected chi connectivity index (χ4v) is 5.21.